The second kappa shape index (κ2) is 10.8. The van der Waals surface area contributed by atoms with E-state index in [2.05, 4.69) is 36.1 Å². The first-order valence-corrected chi connectivity index (χ1v) is 8.37. The van der Waals surface area contributed by atoms with Gasteiger partial charge >= 0.3 is 0 Å². The number of carbonyl (C=O) groups excluding carboxylic acids is 1. The molecule has 9 nitrogen and oxygen atoms in total. The highest BCUT2D eigenvalue weighted by Gasteiger charge is 2.14. The lowest BCUT2D eigenvalue weighted by Gasteiger charge is -2.21. The number of pyridine rings is 1. The third-order valence-corrected chi connectivity index (χ3v) is 3.15. The molecule has 2 heterocycles. The summed E-state index contributed by atoms with van der Waals surface area (Å²) in [4.78, 5) is 24.4. The lowest BCUT2D eigenvalue weighted by Crippen LogP contribution is -2.48. The molecule has 0 unspecified atom stereocenters. The summed E-state index contributed by atoms with van der Waals surface area (Å²) >= 11 is 0. The number of halogens is 1. The number of hydrogen-bond acceptors (Lipinski definition) is 6. The molecule has 0 bridgehead atoms. The molecule has 148 valence electrons. The Balaban J connectivity index is 0.00000364. The highest BCUT2D eigenvalue weighted by Crippen LogP contribution is 2.12. The predicted molar refractivity (Wildman–Crippen MR) is 114 cm³/mol. The molecule has 2 rings (SSSR count). The third kappa shape index (κ3) is 8.33. The maximum atomic E-state index is 11.8. The van der Waals surface area contributed by atoms with Gasteiger partial charge in [-0.25, -0.2) is 0 Å². The zero-order chi connectivity index (χ0) is 19.0. The van der Waals surface area contributed by atoms with Crippen molar-refractivity contribution in [1.82, 2.24) is 31.1 Å². The van der Waals surface area contributed by atoms with Gasteiger partial charge in [-0.05, 0) is 32.9 Å². The fourth-order valence-corrected chi connectivity index (χ4v) is 2.09. The van der Waals surface area contributed by atoms with Crippen LogP contribution in [0.4, 0.5) is 0 Å². The van der Waals surface area contributed by atoms with E-state index in [0.717, 1.165) is 0 Å². The van der Waals surface area contributed by atoms with Gasteiger partial charge in [-0.2, -0.15) is 4.98 Å². The zero-order valence-electron chi connectivity index (χ0n) is 15.9. The predicted octanol–water partition coefficient (Wildman–Crippen LogP) is 1.37. The van der Waals surface area contributed by atoms with Crippen molar-refractivity contribution in [1.29, 1.82) is 0 Å². The summed E-state index contributed by atoms with van der Waals surface area (Å²) in [6.45, 7) is 6.48. The van der Waals surface area contributed by atoms with Crippen molar-refractivity contribution in [3.8, 4) is 11.6 Å². The van der Waals surface area contributed by atoms with E-state index in [0.29, 0.717) is 36.3 Å². The topological polar surface area (TPSA) is 117 Å². The van der Waals surface area contributed by atoms with Crippen molar-refractivity contribution >= 4 is 35.8 Å². The quantitative estimate of drug-likeness (QED) is 0.320. The molecule has 0 aliphatic heterocycles. The van der Waals surface area contributed by atoms with Gasteiger partial charge in [0.25, 0.3) is 5.89 Å². The minimum Gasteiger partial charge on any atom is -0.356 e. The van der Waals surface area contributed by atoms with E-state index >= 15 is 0 Å². The molecule has 27 heavy (non-hydrogen) atoms. The first-order chi connectivity index (χ1) is 12.4. The van der Waals surface area contributed by atoms with Gasteiger partial charge in [-0.3, -0.25) is 14.8 Å². The van der Waals surface area contributed by atoms with Crippen molar-refractivity contribution in [2.24, 2.45) is 4.99 Å². The van der Waals surface area contributed by atoms with Crippen LogP contribution in [0.5, 0.6) is 0 Å². The number of amides is 1. The SMILES string of the molecule is CN=C(NCCc1noc(-c2ccccn2)n1)NCC(=O)NC(C)(C)C.I. The van der Waals surface area contributed by atoms with Gasteiger partial charge in [0.15, 0.2) is 11.8 Å². The molecule has 2 aromatic rings. The van der Waals surface area contributed by atoms with Gasteiger partial charge in [-0.1, -0.05) is 11.2 Å². The molecular formula is C17H26IN7O2. The van der Waals surface area contributed by atoms with Crippen LogP contribution in [0, 0.1) is 0 Å². The smallest absolute Gasteiger partial charge is 0.276 e. The zero-order valence-corrected chi connectivity index (χ0v) is 18.3. The van der Waals surface area contributed by atoms with Crippen molar-refractivity contribution in [2.45, 2.75) is 32.7 Å². The van der Waals surface area contributed by atoms with Gasteiger partial charge in [-0.15, -0.1) is 24.0 Å². The first kappa shape index (κ1) is 22.8. The number of nitrogens with zero attached hydrogens (tertiary/aromatic N) is 4. The molecule has 0 spiro atoms. The van der Waals surface area contributed by atoms with Crippen LogP contribution in [0.25, 0.3) is 11.6 Å². The Bertz CT molecular complexity index is 741. The Morgan fingerprint density at radius 1 is 1.26 bits per heavy atom. The fraction of sp³-hybridized carbons (Fsp3) is 0.471. The summed E-state index contributed by atoms with van der Waals surface area (Å²) in [5.74, 6) is 1.39. The van der Waals surface area contributed by atoms with Crippen LogP contribution >= 0.6 is 24.0 Å². The van der Waals surface area contributed by atoms with Crippen molar-refractivity contribution < 1.29 is 9.32 Å². The minimum absolute atomic E-state index is 0. The average molecular weight is 487 g/mol. The molecule has 0 aromatic carbocycles. The summed E-state index contributed by atoms with van der Waals surface area (Å²) < 4.78 is 5.21. The molecule has 10 heteroatoms. The molecule has 1 amide bonds. The Kier molecular flexibility index (Phi) is 9.12. The molecule has 0 fully saturated rings. The molecule has 0 radical (unpaired) electrons. The second-order valence-corrected chi connectivity index (χ2v) is 6.63. The van der Waals surface area contributed by atoms with Crippen LogP contribution in [0.1, 0.15) is 26.6 Å². The Labute approximate surface area is 175 Å². The lowest BCUT2D eigenvalue weighted by atomic mass is 10.1. The summed E-state index contributed by atoms with van der Waals surface area (Å²) in [5, 5.41) is 12.9. The standard InChI is InChI=1S/C17H25N7O2.HI/c1-17(2,3)23-14(25)11-21-16(18-4)20-10-8-13-22-15(26-24-13)12-7-5-6-9-19-12;/h5-7,9H,8,10-11H2,1-4H3,(H,23,25)(H2,18,20,21);1H. The van der Waals surface area contributed by atoms with Gasteiger partial charge in [0.05, 0.1) is 6.54 Å². The first-order valence-electron chi connectivity index (χ1n) is 8.37. The van der Waals surface area contributed by atoms with Crippen LogP contribution in [0.3, 0.4) is 0 Å². The highest BCUT2D eigenvalue weighted by atomic mass is 127. The number of rotatable bonds is 6. The average Bonchev–Trinajstić information content (AvgIpc) is 3.06. The second-order valence-electron chi connectivity index (χ2n) is 6.63. The number of guanidine groups is 1. The lowest BCUT2D eigenvalue weighted by molar-refractivity contribution is -0.121. The summed E-state index contributed by atoms with van der Waals surface area (Å²) in [6, 6.07) is 5.49. The monoisotopic (exact) mass is 487 g/mol. The van der Waals surface area contributed by atoms with E-state index in [9.17, 15) is 4.79 Å². The third-order valence-electron chi connectivity index (χ3n) is 3.15. The number of nitrogens with one attached hydrogen (secondary N) is 3. The van der Waals surface area contributed by atoms with Crippen molar-refractivity contribution in [2.75, 3.05) is 20.1 Å². The van der Waals surface area contributed by atoms with Gasteiger partial charge in [0, 0.05) is 31.7 Å². The Morgan fingerprint density at radius 2 is 2.04 bits per heavy atom. The van der Waals surface area contributed by atoms with E-state index in [-0.39, 0.29) is 42.0 Å². The molecular weight excluding hydrogens is 461 g/mol. The molecule has 3 N–H and O–H groups in total. The molecule has 0 aliphatic rings. The minimum atomic E-state index is -0.264. The molecule has 0 saturated heterocycles. The van der Waals surface area contributed by atoms with Gasteiger partial charge in [0.2, 0.25) is 5.91 Å². The number of aliphatic imine (C=N–C) groups is 1. The normalized spacial score (nSPS) is 11.5. The number of carbonyl (C=O) groups is 1. The maximum absolute atomic E-state index is 11.8. The fourth-order valence-electron chi connectivity index (χ4n) is 2.09. The van der Waals surface area contributed by atoms with E-state index in [1.54, 1.807) is 13.2 Å². The van der Waals surface area contributed by atoms with E-state index in [4.69, 9.17) is 4.52 Å². The molecule has 2 aromatic heterocycles. The van der Waals surface area contributed by atoms with E-state index in [1.807, 2.05) is 39.0 Å². The van der Waals surface area contributed by atoms with Gasteiger partial charge < -0.3 is 20.5 Å². The van der Waals surface area contributed by atoms with Crippen LogP contribution in [0.15, 0.2) is 33.9 Å². The number of aromatic nitrogens is 3. The Hall–Kier alpha value is -2.24. The Morgan fingerprint density at radius 3 is 2.67 bits per heavy atom. The molecule has 0 saturated carbocycles. The van der Waals surface area contributed by atoms with Gasteiger partial charge in [0.1, 0.15) is 5.69 Å². The molecule has 0 atom stereocenters. The van der Waals surface area contributed by atoms with E-state index in [1.165, 1.54) is 0 Å². The van der Waals surface area contributed by atoms with Crippen molar-refractivity contribution in [3.05, 3.63) is 30.2 Å². The van der Waals surface area contributed by atoms with Crippen LogP contribution in [-0.4, -0.2) is 52.7 Å². The largest absolute Gasteiger partial charge is 0.356 e. The molecule has 0 aliphatic carbocycles. The van der Waals surface area contributed by atoms with Crippen LogP contribution < -0.4 is 16.0 Å². The highest BCUT2D eigenvalue weighted by molar-refractivity contribution is 14.0. The summed E-state index contributed by atoms with van der Waals surface area (Å²) in [7, 11) is 1.64. The van der Waals surface area contributed by atoms with E-state index < -0.39 is 0 Å². The maximum Gasteiger partial charge on any atom is 0.276 e. The number of hydrogen-bond donors (Lipinski definition) is 3. The van der Waals surface area contributed by atoms with Crippen LogP contribution in [-0.2, 0) is 11.2 Å². The summed E-state index contributed by atoms with van der Waals surface area (Å²) in [6.07, 6.45) is 2.22. The van der Waals surface area contributed by atoms with Crippen molar-refractivity contribution in [3.63, 3.8) is 0 Å². The van der Waals surface area contributed by atoms with Crippen LogP contribution in [0.2, 0.25) is 0 Å². The summed E-state index contributed by atoms with van der Waals surface area (Å²) in [5.41, 5.74) is 0.376.